The van der Waals surface area contributed by atoms with Gasteiger partial charge in [-0.2, -0.15) is 0 Å². The Bertz CT molecular complexity index is 841. The van der Waals surface area contributed by atoms with Gasteiger partial charge in [-0.25, -0.2) is 0 Å². The van der Waals surface area contributed by atoms with Crippen LogP contribution in [0.5, 0.6) is 0 Å². The average molecular weight is 793 g/mol. The van der Waals surface area contributed by atoms with Crippen molar-refractivity contribution in [3.8, 4) is 0 Å². The average Bonchev–Trinajstić information content (AvgIpc) is 3.18. The summed E-state index contributed by atoms with van der Waals surface area (Å²) in [5, 5.41) is 0. The molecule has 0 N–H and O–H groups in total. The molecule has 0 radical (unpaired) electrons. The monoisotopic (exact) mass is 793 g/mol. The number of hydrogen-bond acceptors (Lipinski definition) is 6. The Balaban J connectivity index is 4.25. The standard InChI is InChI=1S/C50H96O6/c1-5-7-9-11-13-15-16-22-27-31-35-39-43-50(53)56-47(44-54-48(51)41-37-33-29-24-14-12-10-8-6-2)45-55-49(52)42-38-34-30-26-23-20-18-17-19-21-25-28-32-36-40-46(3)4/h46-47H,5-45H2,1-4H3/t47-/m1/s1. The maximum absolute atomic E-state index is 12.7. The fourth-order valence-corrected chi connectivity index (χ4v) is 7.51. The molecule has 0 aromatic heterocycles. The smallest absolute Gasteiger partial charge is 0.306 e. The Labute approximate surface area is 348 Å². The van der Waals surface area contributed by atoms with Crippen LogP contribution in [0.1, 0.15) is 278 Å². The van der Waals surface area contributed by atoms with E-state index in [1.165, 1.54) is 173 Å². The minimum atomic E-state index is -0.759. The summed E-state index contributed by atoms with van der Waals surface area (Å²) in [6, 6.07) is 0. The second kappa shape index (κ2) is 44.5. The van der Waals surface area contributed by atoms with Gasteiger partial charge in [-0.15, -0.1) is 0 Å². The van der Waals surface area contributed by atoms with Gasteiger partial charge in [0.05, 0.1) is 0 Å². The van der Waals surface area contributed by atoms with Crippen molar-refractivity contribution in [1.82, 2.24) is 0 Å². The highest BCUT2D eigenvalue weighted by molar-refractivity contribution is 5.71. The SMILES string of the molecule is CCCCCCCCCCCCCCC(=O)O[C@H](COC(=O)CCCCCCCCCCC)COC(=O)CCCCCCCCCCCCCCCCC(C)C. The van der Waals surface area contributed by atoms with Crippen LogP contribution in [0.4, 0.5) is 0 Å². The van der Waals surface area contributed by atoms with Crippen molar-refractivity contribution in [2.45, 2.75) is 284 Å². The zero-order valence-electron chi connectivity index (χ0n) is 38.1. The summed E-state index contributed by atoms with van der Waals surface area (Å²) in [4.78, 5) is 37.8. The summed E-state index contributed by atoms with van der Waals surface area (Å²) >= 11 is 0. The first-order valence-electron chi connectivity index (χ1n) is 24.9. The molecule has 0 aromatic carbocycles. The largest absolute Gasteiger partial charge is 0.462 e. The third-order valence-electron chi connectivity index (χ3n) is 11.3. The van der Waals surface area contributed by atoms with E-state index in [4.69, 9.17) is 14.2 Å². The van der Waals surface area contributed by atoms with Crippen LogP contribution in [0.2, 0.25) is 0 Å². The van der Waals surface area contributed by atoms with Gasteiger partial charge in [0.25, 0.3) is 0 Å². The lowest BCUT2D eigenvalue weighted by Gasteiger charge is -2.18. The molecule has 0 aliphatic heterocycles. The van der Waals surface area contributed by atoms with Gasteiger partial charge in [0, 0.05) is 19.3 Å². The van der Waals surface area contributed by atoms with Crippen LogP contribution in [-0.4, -0.2) is 37.2 Å². The van der Waals surface area contributed by atoms with E-state index in [-0.39, 0.29) is 31.1 Å². The van der Waals surface area contributed by atoms with E-state index in [9.17, 15) is 14.4 Å². The van der Waals surface area contributed by atoms with Gasteiger partial charge in [-0.1, -0.05) is 240 Å². The van der Waals surface area contributed by atoms with Gasteiger partial charge >= 0.3 is 17.9 Å². The highest BCUT2D eigenvalue weighted by Crippen LogP contribution is 2.17. The summed E-state index contributed by atoms with van der Waals surface area (Å²) in [6.07, 6.45) is 45.1. The Morgan fingerprint density at radius 3 is 0.875 bits per heavy atom. The summed E-state index contributed by atoms with van der Waals surface area (Å²) in [5.74, 6) is -0.00496. The van der Waals surface area contributed by atoms with Gasteiger partial charge < -0.3 is 14.2 Å². The molecule has 0 unspecified atom stereocenters. The Hall–Kier alpha value is -1.59. The second-order valence-electron chi connectivity index (χ2n) is 17.6. The zero-order chi connectivity index (χ0) is 41.0. The first-order chi connectivity index (χ1) is 27.4. The molecule has 332 valence electrons. The lowest BCUT2D eigenvalue weighted by Crippen LogP contribution is -2.30. The number of rotatable bonds is 45. The van der Waals surface area contributed by atoms with Gasteiger partial charge in [0.15, 0.2) is 6.10 Å². The van der Waals surface area contributed by atoms with Gasteiger partial charge in [-0.3, -0.25) is 14.4 Å². The minimum Gasteiger partial charge on any atom is -0.462 e. The van der Waals surface area contributed by atoms with Crippen LogP contribution >= 0.6 is 0 Å². The van der Waals surface area contributed by atoms with Crippen LogP contribution in [-0.2, 0) is 28.6 Å². The number of hydrogen-bond donors (Lipinski definition) is 0. The Morgan fingerprint density at radius 1 is 0.339 bits per heavy atom. The van der Waals surface area contributed by atoms with Crippen molar-refractivity contribution in [2.24, 2.45) is 5.92 Å². The molecule has 0 aliphatic rings. The Morgan fingerprint density at radius 2 is 0.589 bits per heavy atom. The van der Waals surface area contributed by atoms with Crippen molar-refractivity contribution in [3.63, 3.8) is 0 Å². The summed E-state index contributed by atoms with van der Waals surface area (Å²) in [6.45, 7) is 9.01. The summed E-state index contributed by atoms with van der Waals surface area (Å²) < 4.78 is 16.7. The number of unbranched alkanes of at least 4 members (excludes halogenated alkanes) is 32. The van der Waals surface area contributed by atoms with E-state index < -0.39 is 6.10 Å². The van der Waals surface area contributed by atoms with Crippen LogP contribution in [0.3, 0.4) is 0 Å². The van der Waals surface area contributed by atoms with E-state index in [1.807, 2.05) is 0 Å². The van der Waals surface area contributed by atoms with Crippen LogP contribution in [0.15, 0.2) is 0 Å². The lowest BCUT2D eigenvalue weighted by atomic mass is 10.0. The van der Waals surface area contributed by atoms with Crippen LogP contribution in [0, 0.1) is 5.92 Å². The predicted octanol–water partition coefficient (Wildman–Crippen LogP) is 15.9. The number of carbonyl (C=O) groups excluding carboxylic acids is 3. The van der Waals surface area contributed by atoms with Gasteiger partial charge in [0.2, 0.25) is 0 Å². The molecule has 6 nitrogen and oxygen atoms in total. The van der Waals surface area contributed by atoms with Crippen LogP contribution < -0.4 is 0 Å². The molecule has 0 saturated carbocycles. The van der Waals surface area contributed by atoms with E-state index in [2.05, 4.69) is 27.7 Å². The molecule has 0 saturated heterocycles. The molecular weight excluding hydrogens is 697 g/mol. The maximum Gasteiger partial charge on any atom is 0.306 e. The van der Waals surface area contributed by atoms with Gasteiger partial charge in [0.1, 0.15) is 13.2 Å². The van der Waals surface area contributed by atoms with E-state index in [0.717, 1.165) is 63.7 Å². The van der Waals surface area contributed by atoms with E-state index in [1.54, 1.807) is 0 Å². The number of ether oxygens (including phenoxy) is 3. The molecule has 0 aromatic rings. The van der Waals surface area contributed by atoms with Crippen molar-refractivity contribution in [3.05, 3.63) is 0 Å². The fourth-order valence-electron chi connectivity index (χ4n) is 7.51. The molecular formula is C50H96O6. The zero-order valence-corrected chi connectivity index (χ0v) is 38.1. The minimum absolute atomic E-state index is 0.0630. The predicted molar refractivity (Wildman–Crippen MR) is 238 cm³/mol. The van der Waals surface area contributed by atoms with E-state index >= 15 is 0 Å². The second-order valence-corrected chi connectivity index (χ2v) is 17.6. The molecule has 0 fully saturated rings. The third kappa shape index (κ3) is 43.5. The summed E-state index contributed by atoms with van der Waals surface area (Å²) in [5.41, 5.74) is 0. The number of carbonyl (C=O) groups is 3. The van der Waals surface area contributed by atoms with Gasteiger partial charge in [-0.05, 0) is 25.2 Å². The fraction of sp³-hybridized carbons (Fsp3) is 0.940. The normalized spacial score (nSPS) is 11.9. The molecule has 0 bridgehead atoms. The first kappa shape index (κ1) is 54.4. The first-order valence-corrected chi connectivity index (χ1v) is 24.9. The lowest BCUT2D eigenvalue weighted by molar-refractivity contribution is -0.167. The number of esters is 3. The Kier molecular flexibility index (Phi) is 43.2. The molecule has 0 amide bonds. The molecule has 56 heavy (non-hydrogen) atoms. The van der Waals surface area contributed by atoms with Crippen molar-refractivity contribution < 1.29 is 28.6 Å². The highest BCUT2D eigenvalue weighted by Gasteiger charge is 2.19. The molecule has 0 aliphatic carbocycles. The van der Waals surface area contributed by atoms with Crippen molar-refractivity contribution >= 4 is 17.9 Å². The molecule has 6 heteroatoms. The van der Waals surface area contributed by atoms with E-state index in [0.29, 0.717) is 19.3 Å². The highest BCUT2D eigenvalue weighted by atomic mass is 16.6. The molecule has 1 atom stereocenters. The van der Waals surface area contributed by atoms with Crippen molar-refractivity contribution in [1.29, 1.82) is 0 Å². The van der Waals surface area contributed by atoms with Crippen LogP contribution in [0.25, 0.3) is 0 Å². The molecule has 0 spiro atoms. The van der Waals surface area contributed by atoms with Crippen molar-refractivity contribution in [2.75, 3.05) is 13.2 Å². The molecule has 0 rings (SSSR count). The quantitative estimate of drug-likeness (QED) is 0.0347. The molecule has 0 heterocycles. The third-order valence-corrected chi connectivity index (χ3v) is 11.3. The maximum atomic E-state index is 12.7. The topological polar surface area (TPSA) is 78.9 Å². The summed E-state index contributed by atoms with van der Waals surface area (Å²) in [7, 11) is 0.